The first-order valence-electron chi connectivity index (χ1n) is 9.82. The average Bonchev–Trinajstić information content (AvgIpc) is 3.12. The Morgan fingerprint density at radius 2 is 1.50 bits per heavy atom. The van der Waals surface area contributed by atoms with Crippen molar-refractivity contribution in [3.05, 3.63) is 52.6 Å². The Balaban J connectivity index is 2.46. The quantitative estimate of drug-likeness (QED) is 0.428. The summed E-state index contributed by atoms with van der Waals surface area (Å²) in [6, 6.07) is 6.14. The van der Waals surface area contributed by atoms with E-state index in [0.29, 0.717) is 0 Å². The fraction of sp³-hybridized carbons (Fsp3) is 0.318. The van der Waals surface area contributed by atoms with Crippen molar-refractivity contribution in [2.75, 3.05) is 39.9 Å². The van der Waals surface area contributed by atoms with Gasteiger partial charge in [-0.05, 0) is 6.07 Å². The molecule has 0 aromatic heterocycles. The first-order chi connectivity index (χ1) is 16.2. The Hall–Kier alpha value is -4.35. The lowest BCUT2D eigenvalue weighted by atomic mass is 9.66. The molecule has 2 N–H and O–H groups in total. The summed E-state index contributed by atoms with van der Waals surface area (Å²) in [7, 11) is 4.40. The number of ether oxygens (including phenoxy) is 5. The summed E-state index contributed by atoms with van der Waals surface area (Å²) < 4.78 is 24.5. The van der Waals surface area contributed by atoms with Gasteiger partial charge >= 0.3 is 29.8 Å². The van der Waals surface area contributed by atoms with E-state index < -0.39 is 59.4 Å². The lowest BCUT2D eigenvalue weighted by Crippen LogP contribution is -2.51. The van der Waals surface area contributed by atoms with E-state index in [1.165, 1.54) is 24.1 Å². The van der Waals surface area contributed by atoms with Gasteiger partial charge in [0.2, 0.25) is 0 Å². The van der Waals surface area contributed by atoms with E-state index in [4.69, 9.17) is 24.7 Å². The van der Waals surface area contributed by atoms with E-state index in [-0.39, 0.29) is 22.8 Å². The SMILES string of the molecule is COC(=O)CC1=C(C(=O)OC)[C@@]2(C(=O)O1)C(C(=O)OC)=C(N)N(CC(=O)OC)c1ccccc12. The molecule has 1 aromatic carbocycles. The van der Waals surface area contributed by atoms with Crippen LogP contribution in [0.5, 0.6) is 0 Å². The van der Waals surface area contributed by atoms with E-state index in [9.17, 15) is 24.0 Å². The monoisotopic (exact) mass is 474 g/mol. The van der Waals surface area contributed by atoms with Gasteiger partial charge in [0, 0.05) is 11.3 Å². The molecule has 2 heterocycles. The number of methoxy groups -OCH3 is 4. The van der Waals surface area contributed by atoms with Gasteiger partial charge in [0.05, 0.1) is 28.4 Å². The number of nitrogens with two attached hydrogens (primary N) is 1. The molecule has 0 unspecified atom stereocenters. The fourth-order valence-electron chi connectivity index (χ4n) is 4.06. The number of hydrogen-bond acceptors (Lipinski definition) is 12. The van der Waals surface area contributed by atoms with Crippen molar-refractivity contribution < 1.29 is 47.7 Å². The zero-order chi connectivity index (χ0) is 25.2. The predicted molar refractivity (Wildman–Crippen MR) is 112 cm³/mol. The molecule has 0 bridgehead atoms. The van der Waals surface area contributed by atoms with Crippen LogP contribution < -0.4 is 10.6 Å². The molecule has 2 aliphatic heterocycles. The zero-order valence-electron chi connectivity index (χ0n) is 18.8. The molecule has 2 aliphatic rings. The highest BCUT2D eigenvalue weighted by Crippen LogP contribution is 2.54. The zero-order valence-corrected chi connectivity index (χ0v) is 18.8. The molecule has 34 heavy (non-hydrogen) atoms. The van der Waals surface area contributed by atoms with Crippen molar-refractivity contribution in [1.82, 2.24) is 0 Å². The summed E-state index contributed by atoms with van der Waals surface area (Å²) in [6.07, 6.45) is -0.600. The molecule has 12 nitrogen and oxygen atoms in total. The summed E-state index contributed by atoms with van der Waals surface area (Å²) >= 11 is 0. The first kappa shape index (κ1) is 24.3. The van der Waals surface area contributed by atoms with Crippen LogP contribution >= 0.6 is 0 Å². The van der Waals surface area contributed by atoms with Crippen LogP contribution in [0.4, 0.5) is 5.69 Å². The van der Waals surface area contributed by atoms with Gasteiger partial charge in [0.15, 0.2) is 5.41 Å². The second kappa shape index (κ2) is 9.25. The van der Waals surface area contributed by atoms with Gasteiger partial charge in [0.25, 0.3) is 0 Å². The van der Waals surface area contributed by atoms with E-state index in [1.54, 1.807) is 12.1 Å². The molecule has 0 radical (unpaired) electrons. The van der Waals surface area contributed by atoms with Gasteiger partial charge in [-0.2, -0.15) is 0 Å². The molecule has 1 aromatic rings. The highest BCUT2D eigenvalue weighted by molar-refractivity contribution is 6.16. The number of anilines is 1. The standard InChI is InChI=1S/C22H22N2O10/c1-30-14(25)9-13-16(19(27)32-3)22(21(29)34-13)11-7-5-6-8-12(11)24(10-15(26)31-2)18(23)17(22)20(28)33-4/h5-8H,9-10,23H2,1-4H3/t22-/m1/s1. The third kappa shape index (κ3) is 3.52. The lowest BCUT2D eigenvalue weighted by Gasteiger charge is -2.40. The molecule has 0 fully saturated rings. The molecule has 180 valence electrons. The largest absolute Gasteiger partial charge is 0.469 e. The molecule has 0 saturated carbocycles. The Kier molecular flexibility index (Phi) is 6.61. The maximum absolute atomic E-state index is 13.6. The number of rotatable bonds is 6. The maximum Gasteiger partial charge on any atom is 0.339 e. The minimum absolute atomic E-state index is 0.0822. The summed E-state index contributed by atoms with van der Waals surface area (Å²) in [4.78, 5) is 65.0. The molecular formula is C22H22N2O10. The number of nitrogens with zero attached hydrogens (tertiary/aromatic N) is 1. The number of esters is 5. The first-order valence-corrected chi connectivity index (χ1v) is 9.82. The van der Waals surface area contributed by atoms with Crippen LogP contribution in [-0.2, 0) is 53.1 Å². The molecule has 0 amide bonds. The second-order valence-electron chi connectivity index (χ2n) is 7.11. The predicted octanol–water partition coefficient (Wildman–Crippen LogP) is -0.192. The van der Waals surface area contributed by atoms with Gasteiger partial charge in [-0.3, -0.25) is 9.59 Å². The maximum atomic E-state index is 13.6. The Bertz CT molecular complexity index is 1150. The van der Waals surface area contributed by atoms with Crippen molar-refractivity contribution in [2.24, 2.45) is 5.73 Å². The van der Waals surface area contributed by atoms with Crippen LogP contribution in [0, 0.1) is 0 Å². The minimum Gasteiger partial charge on any atom is -0.469 e. The van der Waals surface area contributed by atoms with Crippen molar-refractivity contribution in [3.8, 4) is 0 Å². The van der Waals surface area contributed by atoms with Crippen molar-refractivity contribution in [1.29, 1.82) is 0 Å². The topological polar surface area (TPSA) is 161 Å². The van der Waals surface area contributed by atoms with Crippen LogP contribution in [0.2, 0.25) is 0 Å². The van der Waals surface area contributed by atoms with Crippen LogP contribution in [-0.4, -0.2) is 64.8 Å². The van der Waals surface area contributed by atoms with Crippen molar-refractivity contribution in [3.63, 3.8) is 0 Å². The molecule has 1 atom stereocenters. The summed E-state index contributed by atoms with van der Waals surface area (Å²) in [5, 5.41) is 0. The summed E-state index contributed by atoms with van der Waals surface area (Å²) in [5.41, 5.74) is 3.48. The Morgan fingerprint density at radius 3 is 2.09 bits per heavy atom. The van der Waals surface area contributed by atoms with E-state index in [0.717, 1.165) is 21.3 Å². The van der Waals surface area contributed by atoms with Crippen molar-refractivity contribution in [2.45, 2.75) is 11.8 Å². The van der Waals surface area contributed by atoms with Gasteiger partial charge < -0.3 is 34.3 Å². The van der Waals surface area contributed by atoms with Crippen molar-refractivity contribution >= 4 is 35.5 Å². The summed E-state index contributed by atoms with van der Waals surface area (Å²) in [6.45, 7) is -0.419. The number of para-hydroxylation sites is 1. The van der Waals surface area contributed by atoms with Gasteiger partial charge in [-0.25, -0.2) is 14.4 Å². The third-order valence-corrected chi connectivity index (χ3v) is 5.52. The highest BCUT2D eigenvalue weighted by atomic mass is 16.6. The third-order valence-electron chi connectivity index (χ3n) is 5.52. The molecule has 1 spiro atoms. The number of cyclic esters (lactones) is 1. The molecule has 0 aliphatic carbocycles. The van der Waals surface area contributed by atoms with Gasteiger partial charge in [-0.15, -0.1) is 0 Å². The molecule has 3 rings (SSSR count). The summed E-state index contributed by atoms with van der Waals surface area (Å²) in [5.74, 6) is -5.42. The van der Waals surface area contributed by atoms with E-state index in [1.807, 2.05) is 0 Å². The molecular weight excluding hydrogens is 452 g/mol. The van der Waals surface area contributed by atoms with Gasteiger partial charge in [0.1, 0.15) is 35.7 Å². The van der Waals surface area contributed by atoms with Crippen LogP contribution in [0.3, 0.4) is 0 Å². The van der Waals surface area contributed by atoms with Crippen LogP contribution in [0.1, 0.15) is 12.0 Å². The van der Waals surface area contributed by atoms with Gasteiger partial charge in [-0.1, -0.05) is 18.2 Å². The number of benzene rings is 1. The number of fused-ring (bicyclic) bond motifs is 2. The molecule has 0 saturated heterocycles. The van der Waals surface area contributed by atoms with Crippen LogP contribution in [0.25, 0.3) is 0 Å². The van der Waals surface area contributed by atoms with E-state index in [2.05, 4.69) is 4.74 Å². The normalized spacial score (nSPS) is 18.9. The minimum atomic E-state index is -2.24. The number of carbonyl (C=O) groups is 5. The van der Waals surface area contributed by atoms with E-state index >= 15 is 0 Å². The fourth-order valence-corrected chi connectivity index (χ4v) is 4.06. The Morgan fingerprint density at radius 1 is 0.912 bits per heavy atom. The lowest BCUT2D eigenvalue weighted by molar-refractivity contribution is -0.147. The average molecular weight is 474 g/mol. The second-order valence-corrected chi connectivity index (χ2v) is 7.11. The molecule has 12 heteroatoms. The highest BCUT2D eigenvalue weighted by Gasteiger charge is 2.64. The van der Waals surface area contributed by atoms with Crippen LogP contribution in [0.15, 0.2) is 47.0 Å². The number of hydrogen-bond donors (Lipinski definition) is 1. The smallest absolute Gasteiger partial charge is 0.339 e. The Labute approximate surface area is 193 Å². The number of carbonyl (C=O) groups excluding carboxylic acids is 5.